The molecule has 0 amide bonds. The summed E-state index contributed by atoms with van der Waals surface area (Å²) in [6.45, 7) is 1.42. The van der Waals surface area contributed by atoms with Crippen molar-refractivity contribution in [1.82, 2.24) is 9.97 Å². The summed E-state index contributed by atoms with van der Waals surface area (Å²) in [4.78, 5) is 16.8. The van der Waals surface area contributed by atoms with Crippen LogP contribution < -0.4 is 5.73 Å². The molecule has 0 unspecified atom stereocenters. The lowest BCUT2D eigenvalue weighted by atomic mass is 10.4. The first-order valence-corrected chi connectivity index (χ1v) is 3.25. The predicted molar refractivity (Wildman–Crippen MR) is 42.2 cm³/mol. The SMILES string of the molecule is C[C@H](N)C(=O)O.[c]1cnccn1. The van der Waals surface area contributed by atoms with E-state index in [9.17, 15) is 4.79 Å². The van der Waals surface area contributed by atoms with E-state index < -0.39 is 12.0 Å². The average molecular weight is 168 g/mol. The Kier molecular flexibility index (Phi) is 5.46. The molecule has 5 heteroatoms. The van der Waals surface area contributed by atoms with E-state index in [1.807, 2.05) is 0 Å². The van der Waals surface area contributed by atoms with E-state index in [1.54, 1.807) is 12.4 Å². The number of nitrogens with two attached hydrogens (primary N) is 1. The molecule has 65 valence electrons. The molecule has 0 saturated heterocycles. The normalized spacial score (nSPS) is 10.8. The Hall–Kier alpha value is -1.49. The van der Waals surface area contributed by atoms with Gasteiger partial charge in [-0.25, -0.2) is 0 Å². The van der Waals surface area contributed by atoms with Crippen molar-refractivity contribution in [2.75, 3.05) is 0 Å². The molecule has 1 radical (unpaired) electrons. The molecule has 0 fully saturated rings. The molecule has 1 aromatic heterocycles. The number of aliphatic carboxylic acids is 1. The molecule has 3 N–H and O–H groups in total. The standard InChI is InChI=1S/C4H3N2.C3H7NO2/c1-2-6-4-3-5-1;1-2(4)3(5)6/h1-3H;2H,4H2,1H3,(H,5,6)/t;2-/m.0/s1. The number of rotatable bonds is 1. The van der Waals surface area contributed by atoms with Gasteiger partial charge >= 0.3 is 5.97 Å². The van der Waals surface area contributed by atoms with E-state index >= 15 is 0 Å². The van der Waals surface area contributed by atoms with Crippen LogP contribution in [0.5, 0.6) is 0 Å². The lowest BCUT2D eigenvalue weighted by Gasteiger charge is -1.90. The van der Waals surface area contributed by atoms with Crippen molar-refractivity contribution in [3.05, 3.63) is 24.8 Å². The zero-order valence-electron chi connectivity index (χ0n) is 6.64. The van der Waals surface area contributed by atoms with Crippen LogP contribution in [-0.4, -0.2) is 27.1 Å². The van der Waals surface area contributed by atoms with Crippen LogP contribution in [0.4, 0.5) is 0 Å². The smallest absolute Gasteiger partial charge is 0.320 e. The molecular weight excluding hydrogens is 158 g/mol. The topological polar surface area (TPSA) is 89.1 Å². The first-order chi connectivity index (χ1) is 5.64. The fourth-order valence-corrected chi connectivity index (χ4v) is 0.225. The minimum atomic E-state index is -0.963. The second-order valence-corrected chi connectivity index (χ2v) is 1.96. The minimum Gasteiger partial charge on any atom is -0.480 e. The van der Waals surface area contributed by atoms with Crippen molar-refractivity contribution >= 4 is 5.97 Å². The highest BCUT2D eigenvalue weighted by Crippen LogP contribution is 1.68. The van der Waals surface area contributed by atoms with Crippen molar-refractivity contribution < 1.29 is 9.90 Å². The predicted octanol–water partition coefficient (Wildman–Crippen LogP) is -0.305. The molecule has 12 heavy (non-hydrogen) atoms. The van der Waals surface area contributed by atoms with Crippen LogP contribution >= 0.6 is 0 Å². The summed E-state index contributed by atoms with van der Waals surface area (Å²) in [5.41, 5.74) is 4.84. The maximum atomic E-state index is 9.57. The summed E-state index contributed by atoms with van der Waals surface area (Å²) >= 11 is 0. The maximum Gasteiger partial charge on any atom is 0.320 e. The number of hydrogen-bond acceptors (Lipinski definition) is 4. The zero-order chi connectivity index (χ0) is 9.40. The van der Waals surface area contributed by atoms with Crippen LogP contribution in [0.3, 0.4) is 0 Å². The highest BCUT2D eigenvalue weighted by atomic mass is 16.4. The Morgan fingerprint density at radius 3 is 2.33 bits per heavy atom. The number of aromatic nitrogens is 2. The Labute approximate surface area is 70.3 Å². The van der Waals surface area contributed by atoms with Gasteiger partial charge in [-0.15, -0.1) is 0 Å². The minimum absolute atomic E-state index is 0.731. The van der Waals surface area contributed by atoms with Gasteiger partial charge in [0, 0.05) is 12.4 Å². The number of carbonyl (C=O) groups is 1. The van der Waals surface area contributed by atoms with E-state index in [0.717, 1.165) is 0 Å². The zero-order valence-corrected chi connectivity index (χ0v) is 6.64. The van der Waals surface area contributed by atoms with Gasteiger partial charge in [-0.05, 0) is 6.92 Å². The molecule has 0 spiro atoms. The Morgan fingerprint density at radius 1 is 1.67 bits per heavy atom. The number of hydrogen-bond donors (Lipinski definition) is 2. The molecule has 5 nitrogen and oxygen atoms in total. The van der Waals surface area contributed by atoms with Gasteiger partial charge in [-0.3, -0.25) is 14.8 Å². The highest BCUT2D eigenvalue weighted by molar-refractivity contribution is 5.72. The van der Waals surface area contributed by atoms with Crippen molar-refractivity contribution in [1.29, 1.82) is 0 Å². The largest absolute Gasteiger partial charge is 0.480 e. The van der Waals surface area contributed by atoms with E-state index in [1.165, 1.54) is 13.1 Å². The Balaban J connectivity index is 0.000000202. The quantitative estimate of drug-likeness (QED) is 0.600. The van der Waals surface area contributed by atoms with Gasteiger partial charge in [-0.1, -0.05) is 0 Å². The van der Waals surface area contributed by atoms with Gasteiger partial charge in [0.1, 0.15) is 12.2 Å². The third kappa shape index (κ3) is 6.63. The van der Waals surface area contributed by atoms with Gasteiger partial charge in [0.2, 0.25) is 0 Å². The van der Waals surface area contributed by atoms with Gasteiger partial charge in [0.05, 0.1) is 6.20 Å². The molecule has 1 heterocycles. The van der Waals surface area contributed by atoms with Crippen LogP contribution in [0.25, 0.3) is 0 Å². The molecule has 0 bridgehead atoms. The molecular formula is C7H10N3O2. The summed E-state index contributed by atoms with van der Waals surface area (Å²) < 4.78 is 0. The third-order valence-electron chi connectivity index (χ3n) is 0.824. The molecule has 1 aromatic rings. The molecule has 0 aliphatic heterocycles. The summed E-state index contributed by atoms with van der Waals surface area (Å²) in [5, 5.41) is 7.87. The van der Waals surface area contributed by atoms with Gasteiger partial charge in [0.15, 0.2) is 0 Å². The molecule has 0 saturated carbocycles. The summed E-state index contributed by atoms with van der Waals surface area (Å²) in [5.74, 6) is -0.963. The van der Waals surface area contributed by atoms with Crippen LogP contribution in [0.1, 0.15) is 6.92 Å². The van der Waals surface area contributed by atoms with E-state index in [2.05, 4.69) is 16.2 Å². The van der Waals surface area contributed by atoms with Crippen LogP contribution in [0, 0.1) is 6.20 Å². The van der Waals surface area contributed by atoms with Gasteiger partial charge < -0.3 is 10.8 Å². The number of carboxylic acid groups (broad SMARTS) is 1. The lowest BCUT2D eigenvalue weighted by Crippen LogP contribution is -2.25. The third-order valence-corrected chi connectivity index (χ3v) is 0.824. The summed E-state index contributed by atoms with van der Waals surface area (Å²) in [7, 11) is 0. The average Bonchev–Trinajstić information content (AvgIpc) is 2.08. The first-order valence-electron chi connectivity index (χ1n) is 3.25. The van der Waals surface area contributed by atoms with E-state index in [-0.39, 0.29) is 0 Å². The Morgan fingerprint density at radius 2 is 2.25 bits per heavy atom. The van der Waals surface area contributed by atoms with Gasteiger partial charge in [0.25, 0.3) is 0 Å². The fraction of sp³-hybridized carbons (Fsp3) is 0.286. The monoisotopic (exact) mass is 168 g/mol. The second-order valence-electron chi connectivity index (χ2n) is 1.96. The van der Waals surface area contributed by atoms with Crippen molar-refractivity contribution in [2.45, 2.75) is 13.0 Å². The van der Waals surface area contributed by atoms with Crippen molar-refractivity contribution in [3.63, 3.8) is 0 Å². The van der Waals surface area contributed by atoms with Crippen LogP contribution in [-0.2, 0) is 4.79 Å². The molecule has 1 rings (SSSR count). The molecule has 1 atom stereocenters. The molecule has 0 aliphatic carbocycles. The lowest BCUT2D eigenvalue weighted by molar-refractivity contribution is -0.138. The first kappa shape index (κ1) is 10.5. The second kappa shape index (κ2) is 6.23. The van der Waals surface area contributed by atoms with Crippen LogP contribution in [0.15, 0.2) is 18.6 Å². The van der Waals surface area contributed by atoms with Crippen molar-refractivity contribution in [2.24, 2.45) is 5.73 Å². The molecule has 0 aromatic carbocycles. The maximum absolute atomic E-state index is 9.57. The van der Waals surface area contributed by atoms with Crippen molar-refractivity contribution in [3.8, 4) is 0 Å². The van der Waals surface area contributed by atoms with Gasteiger partial charge in [-0.2, -0.15) is 0 Å². The van der Waals surface area contributed by atoms with Crippen LogP contribution in [0.2, 0.25) is 0 Å². The van der Waals surface area contributed by atoms with E-state index in [4.69, 9.17) is 10.8 Å². The highest BCUT2D eigenvalue weighted by Gasteiger charge is 1.99. The van der Waals surface area contributed by atoms with E-state index in [0.29, 0.717) is 0 Å². The fourth-order valence-electron chi connectivity index (χ4n) is 0.225. The number of carboxylic acids is 1. The Bertz CT molecular complexity index is 186. The molecule has 0 aliphatic rings. The number of nitrogens with zero attached hydrogens (tertiary/aromatic N) is 2. The summed E-state index contributed by atoms with van der Waals surface area (Å²) in [6.07, 6.45) is 7.24. The summed E-state index contributed by atoms with van der Waals surface area (Å²) in [6, 6.07) is -0.731.